The predicted molar refractivity (Wildman–Crippen MR) is 79.7 cm³/mol. The van der Waals surface area contributed by atoms with Crippen LogP contribution in [0.1, 0.15) is 26.5 Å². The second-order valence-corrected chi connectivity index (χ2v) is 5.08. The molecule has 0 aliphatic carbocycles. The molecule has 0 saturated carbocycles. The number of oxazole rings is 1. The van der Waals surface area contributed by atoms with Crippen LogP contribution in [0.25, 0.3) is 11.3 Å². The Morgan fingerprint density at radius 1 is 1.30 bits per heavy atom. The Kier molecular flexibility index (Phi) is 5.18. The zero-order valence-electron chi connectivity index (χ0n) is 12.3. The van der Waals surface area contributed by atoms with E-state index in [9.17, 15) is 0 Å². The summed E-state index contributed by atoms with van der Waals surface area (Å²) < 4.78 is 11.2. The molecule has 1 aromatic heterocycles. The summed E-state index contributed by atoms with van der Waals surface area (Å²) in [6.45, 7) is 8.63. The zero-order chi connectivity index (χ0) is 14.4. The number of para-hydroxylation sites is 1. The van der Waals surface area contributed by atoms with Gasteiger partial charge >= 0.3 is 0 Å². The van der Waals surface area contributed by atoms with Crippen LogP contribution in [-0.4, -0.2) is 18.1 Å². The normalized spacial score (nSPS) is 11.0. The standard InChI is InChI=1S/C16H22N2O2/c1-4-19-15-8-6-5-7-13(15)16-14(18-11-20-16)10-17-9-12(2)3/h5-8,11-12,17H,4,9-10H2,1-3H3. The summed E-state index contributed by atoms with van der Waals surface area (Å²) >= 11 is 0. The van der Waals surface area contributed by atoms with E-state index < -0.39 is 0 Å². The molecule has 0 aliphatic heterocycles. The Bertz CT molecular complexity index is 535. The summed E-state index contributed by atoms with van der Waals surface area (Å²) in [5.74, 6) is 2.23. The summed E-state index contributed by atoms with van der Waals surface area (Å²) in [4.78, 5) is 4.31. The van der Waals surface area contributed by atoms with E-state index in [2.05, 4.69) is 24.1 Å². The van der Waals surface area contributed by atoms with E-state index >= 15 is 0 Å². The monoisotopic (exact) mass is 274 g/mol. The van der Waals surface area contributed by atoms with Crippen molar-refractivity contribution >= 4 is 0 Å². The smallest absolute Gasteiger partial charge is 0.181 e. The van der Waals surface area contributed by atoms with Crippen LogP contribution in [0.15, 0.2) is 35.1 Å². The summed E-state index contributed by atoms with van der Waals surface area (Å²) in [7, 11) is 0. The highest BCUT2D eigenvalue weighted by molar-refractivity contribution is 5.67. The molecule has 0 saturated heterocycles. The maximum absolute atomic E-state index is 5.65. The van der Waals surface area contributed by atoms with E-state index in [1.165, 1.54) is 6.39 Å². The number of hydrogen-bond acceptors (Lipinski definition) is 4. The Hall–Kier alpha value is -1.81. The number of nitrogens with one attached hydrogen (secondary N) is 1. The third-order valence-electron chi connectivity index (χ3n) is 2.92. The molecule has 0 amide bonds. The fourth-order valence-electron chi connectivity index (χ4n) is 2.03. The van der Waals surface area contributed by atoms with Gasteiger partial charge in [0.2, 0.25) is 0 Å². The minimum absolute atomic E-state index is 0.612. The molecule has 2 aromatic rings. The molecule has 0 bridgehead atoms. The molecule has 20 heavy (non-hydrogen) atoms. The van der Waals surface area contributed by atoms with Crippen LogP contribution in [0, 0.1) is 5.92 Å². The molecule has 0 atom stereocenters. The SMILES string of the molecule is CCOc1ccccc1-c1ocnc1CNCC(C)C. The van der Waals surface area contributed by atoms with E-state index in [1.54, 1.807) is 0 Å². The first-order chi connectivity index (χ1) is 9.72. The van der Waals surface area contributed by atoms with E-state index in [0.717, 1.165) is 29.3 Å². The lowest BCUT2D eigenvalue weighted by Gasteiger charge is -2.10. The Balaban J connectivity index is 2.19. The Morgan fingerprint density at radius 3 is 2.85 bits per heavy atom. The minimum Gasteiger partial charge on any atom is -0.493 e. The molecule has 108 valence electrons. The highest BCUT2D eigenvalue weighted by Crippen LogP contribution is 2.31. The summed E-state index contributed by atoms with van der Waals surface area (Å²) in [5, 5.41) is 3.39. The van der Waals surface area contributed by atoms with Crippen LogP contribution in [0.4, 0.5) is 0 Å². The Labute approximate surface area is 120 Å². The molecular weight excluding hydrogens is 252 g/mol. The molecule has 0 radical (unpaired) electrons. The minimum atomic E-state index is 0.612. The molecule has 1 N–H and O–H groups in total. The van der Waals surface area contributed by atoms with Crippen LogP contribution >= 0.6 is 0 Å². The molecule has 0 spiro atoms. The number of benzene rings is 1. The van der Waals surface area contributed by atoms with Crippen LogP contribution in [0.5, 0.6) is 5.75 Å². The maximum atomic E-state index is 5.65. The van der Waals surface area contributed by atoms with Crippen LogP contribution in [0.3, 0.4) is 0 Å². The van der Waals surface area contributed by atoms with Crippen molar-refractivity contribution in [3.05, 3.63) is 36.4 Å². The van der Waals surface area contributed by atoms with Crippen LogP contribution in [-0.2, 0) is 6.54 Å². The van der Waals surface area contributed by atoms with Crippen molar-refractivity contribution in [1.29, 1.82) is 0 Å². The highest BCUT2D eigenvalue weighted by Gasteiger charge is 2.14. The summed E-state index contributed by atoms with van der Waals surface area (Å²) in [5.41, 5.74) is 1.87. The summed E-state index contributed by atoms with van der Waals surface area (Å²) in [6, 6.07) is 7.89. The quantitative estimate of drug-likeness (QED) is 0.839. The van der Waals surface area contributed by atoms with Crippen molar-refractivity contribution in [2.24, 2.45) is 5.92 Å². The first-order valence-electron chi connectivity index (χ1n) is 7.07. The average molecular weight is 274 g/mol. The molecule has 4 heteroatoms. The van der Waals surface area contributed by atoms with Crippen molar-refractivity contribution in [3.8, 4) is 17.1 Å². The first-order valence-corrected chi connectivity index (χ1v) is 7.07. The average Bonchev–Trinajstić information content (AvgIpc) is 2.88. The molecular formula is C16H22N2O2. The second-order valence-electron chi connectivity index (χ2n) is 5.08. The highest BCUT2D eigenvalue weighted by atomic mass is 16.5. The van der Waals surface area contributed by atoms with E-state index in [0.29, 0.717) is 19.1 Å². The van der Waals surface area contributed by atoms with Crippen molar-refractivity contribution < 1.29 is 9.15 Å². The number of nitrogens with zero attached hydrogens (tertiary/aromatic N) is 1. The number of aromatic nitrogens is 1. The van der Waals surface area contributed by atoms with E-state index in [4.69, 9.17) is 9.15 Å². The van der Waals surface area contributed by atoms with Crippen molar-refractivity contribution in [3.63, 3.8) is 0 Å². The maximum Gasteiger partial charge on any atom is 0.181 e. The third-order valence-corrected chi connectivity index (χ3v) is 2.92. The Morgan fingerprint density at radius 2 is 2.10 bits per heavy atom. The third kappa shape index (κ3) is 3.61. The summed E-state index contributed by atoms with van der Waals surface area (Å²) in [6.07, 6.45) is 1.49. The van der Waals surface area contributed by atoms with Gasteiger partial charge in [0.15, 0.2) is 12.2 Å². The molecule has 4 nitrogen and oxygen atoms in total. The van der Waals surface area contributed by atoms with Crippen molar-refractivity contribution in [2.75, 3.05) is 13.2 Å². The lowest BCUT2D eigenvalue weighted by atomic mass is 10.1. The van der Waals surface area contributed by atoms with Gasteiger partial charge in [0.05, 0.1) is 12.2 Å². The topological polar surface area (TPSA) is 47.3 Å². The largest absolute Gasteiger partial charge is 0.493 e. The molecule has 1 heterocycles. The number of rotatable bonds is 7. The molecule has 1 aromatic carbocycles. The van der Waals surface area contributed by atoms with E-state index in [1.807, 2.05) is 31.2 Å². The molecule has 0 unspecified atom stereocenters. The van der Waals surface area contributed by atoms with Crippen LogP contribution < -0.4 is 10.1 Å². The van der Waals surface area contributed by atoms with Gasteiger partial charge in [-0.2, -0.15) is 0 Å². The number of ether oxygens (including phenoxy) is 1. The van der Waals surface area contributed by atoms with Gasteiger partial charge in [-0.05, 0) is 31.5 Å². The lowest BCUT2D eigenvalue weighted by Crippen LogP contribution is -2.19. The molecule has 0 aliphatic rings. The van der Waals surface area contributed by atoms with Gasteiger partial charge in [-0.1, -0.05) is 26.0 Å². The predicted octanol–water partition coefficient (Wildman–Crippen LogP) is 3.49. The van der Waals surface area contributed by atoms with E-state index in [-0.39, 0.29) is 0 Å². The van der Waals surface area contributed by atoms with Crippen molar-refractivity contribution in [1.82, 2.24) is 10.3 Å². The van der Waals surface area contributed by atoms with Crippen molar-refractivity contribution in [2.45, 2.75) is 27.3 Å². The first kappa shape index (κ1) is 14.6. The fourth-order valence-corrected chi connectivity index (χ4v) is 2.03. The van der Waals surface area contributed by atoms with Gasteiger partial charge in [-0.25, -0.2) is 4.98 Å². The fraction of sp³-hybridized carbons (Fsp3) is 0.438. The van der Waals surface area contributed by atoms with Gasteiger partial charge in [-0.3, -0.25) is 0 Å². The second kappa shape index (κ2) is 7.10. The van der Waals surface area contributed by atoms with Gasteiger partial charge in [0.25, 0.3) is 0 Å². The lowest BCUT2D eigenvalue weighted by molar-refractivity contribution is 0.340. The zero-order valence-corrected chi connectivity index (χ0v) is 12.3. The number of hydrogen-bond donors (Lipinski definition) is 1. The van der Waals surface area contributed by atoms with Crippen LogP contribution in [0.2, 0.25) is 0 Å². The van der Waals surface area contributed by atoms with Gasteiger partial charge in [0, 0.05) is 6.54 Å². The van der Waals surface area contributed by atoms with Gasteiger partial charge in [0.1, 0.15) is 11.4 Å². The molecule has 2 rings (SSSR count). The molecule has 0 fully saturated rings. The van der Waals surface area contributed by atoms with Gasteiger partial charge in [-0.15, -0.1) is 0 Å². The van der Waals surface area contributed by atoms with Gasteiger partial charge < -0.3 is 14.5 Å².